The minimum atomic E-state index is -0.430. The smallest absolute Gasteiger partial charge is 0.410 e. The molecular weight excluding hydrogens is 354 g/mol. The Labute approximate surface area is 163 Å². The fraction of sp³-hybridized carbons (Fsp3) is 0.273. The standard InChI is InChI=1S/C22H23N3O3/c1-14-10-17(12-23-19(26)13-25-8-9-28-22(25)27)21-18(11-14)15(2)20(24-21)16-6-4-3-5-7-16/h3-7,10-11,24H,8-9,12-13H2,1-2H3,(H,23,26). The largest absolute Gasteiger partial charge is 0.448 e. The van der Waals surface area contributed by atoms with Crippen LogP contribution in [0.3, 0.4) is 0 Å². The molecule has 3 aromatic rings. The Morgan fingerprint density at radius 3 is 2.71 bits per heavy atom. The van der Waals surface area contributed by atoms with Crippen LogP contribution in [0.4, 0.5) is 4.79 Å². The number of rotatable bonds is 5. The zero-order valence-electron chi connectivity index (χ0n) is 16.0. The molecule has 6 nitrogen and oxygen atoms in total. The van der Waals surface area contributed by atoms with Gasteiger partial charge in [-0.2, -0.15) is 0 Å². The lowest BCUT2D eigenvalue weighted by Gasteiger charge is -2.13. The molecule has 0 bridgehead atoms. The highest BCUT2D eigenvalue weighted by molar-refractivity contribution is 5.93. The van der Waals surface area contributed by atoms with Crippen LogP contribution in [-0.2, 0) is 16.1 Å². The Kier molecular flexibility index (Phi) is 4.77. The Bertz CT molecular complexity index is 1040. The number of cyclic esters (lactones) is 1. The number of hydrogen-bond acceptors (Lipinski definition) is 3. The quantitative estimate of drug-likeness (QED) is 0.714. The molecule has 0 unspecified atom stereocenters. The van der Waals surface area contributed by atoms with E-state index >= 15 is 0 Å². The van der Waals surface area contributed by atoms with Gasteiger partial charge >= 0.3 is 6.09 Å². The predicted molar refractivity (Wildman–Crippen MR) is 108 cm³/mol. The van der Waals surface area contributed by atoms with Gasteiger partial charge in [0.1, 0.15) is 13.2 Å². The minimum Gasteiger partial charge on any atom is -0.448 e. The lowest BCUT2D eigenvalue weighted by molar-refractivity contribution is -0.121. The third kappa shape index (κ3) is 3.45. The first-order chi connectivity index (χ1) is 13.5. The Hall–Kier alpha value is -3.28. The van der Waals surface area contributed by atoms with E-state index in [4.69, 9.17) is 4.74 Å². The van der Waals surface area contributed by atoms with E-state index in [-0.39, 0.29) is 12.5 Å². The molecule has 2 N–H and O–H groups in total. The molecule has 2 heterocycles. The van der Waals surface area contributed by atoms with Crippen molar-refractivity contribution in [3.05, 3.63) is 59.2 Å². The van der Waals surface area contributed by atoms with Gasteiger partial charge in [-0.1, -0.05) is 42.0 Å². The maximum atomic E-state index is 12.3. The number of aromatic nitrogens is 1. The van der Waals surface area contributed by atoms with Crippen molar-refractivity contribution in [2.45, 2.75) is 20.4 Å². The molecule has 1 fully saturated rings. The maximum absolute atomic E-state index is 12.3. The molecule has 28 heavy (non-hydrogen) atoms. The second-order valence-electron chi connectivity index (χ2n) is 7.15. The summed E-state index contributed by atoms with van der Waals surface area (Å²) >= 11 is 0. The summed E-state index contributed by atoms with van der Waals surface area (Å²) in [6.45, 7) is 5.38. The van der Waals surface area contributed by atoms with Gasteiger partial charge in [0.15, 0.2) is 0 Å². The normalized spacial score (nSPS) is 13.8. The fourth-order valence-corrected chi connectivity index (χ4v) is 3.68. The first-order valence-corrected chi connectivity index (χ1v) is 9.38. The van der Waals surface area contributed by atoms with Crippen molar-refractivity contribution in [2.24, 2.45) is 0 Å². The lowest BCUT2D eigenvalue weighted by Crippen LogP contribution is -2.37. The van der Waals surface area contributed by atoms with Crippen molar-refractivity contribution < 1.29 is 14.3 Å². The summed E-state index contributed by atoms with van der Waals surface area (Å²) in [7, 11) is 0. The summed E-state index contributed by atoms with van der Waals surface area (Å²) in [5.41, 5.74) is 6.62. The van der Waals surface area contributed by atoms with Crippen molar-refractivity contribution in [2.75, 3.05) is 19.7 Å². The second kappa shape index (κ2) is 7.38. The van der Waals surface area contributed by atoms with Crippen molar-refractivity contribution in [1.82, 2.24) is 15.2 Å². The zero-order chi connectivity index (χ0) is 19.7. The molecule has 0 spiro atoms. The average Bonchev–Trinajstić information content (AvgIpc) is 3.24. The van der Waals surface area contributed by atoms with Gasteiger partial charge in [0.2, 0.25) is 5.91 Å². The van der Waals surface area contributed by atoms with Gasteiger partial charge in [-0.15, -0.1) is 0 Å². The topological polar surface area (TPSA) is 74.4 Å². The molecule has 0 radical (unpaired) electrons. The molecule has 1 aliphatic heterocycles. The Morgan fingerprint density at radius 1 is 1.21 bits per heavy atom. The minimum absolute atomic E-state index is 0.0206. The van der Waals surface area contributed by atoms with Crippen LogP contribution in [0, 0.1) is 13.8 Å². The van der Waals surface area contributed by atoms with Gasteiger partial charge in [-0.3, -0.25) is 9.69 Å². The summed E-state index contributed by atoms with van der Waals surface area (Å²) in [5, 5.41) is 4.08. The van der Waals surface area contributed by atoms with Crippen molar-refractivity contribution >= 4 is 22.9 Å². The van der Waals surface area contributed by atoms with Crippen molar-refractivity contribution in [1.29, 1.82) is 0 Å². The predicted octanol–water partition coefficient (Wildman–Crippen LogP) is 3.52. The van der Waals surface area contributed by atoms with Crippen LogP contribution in [0.15, 0.2) is 42.5 Å². The Morgan fingerprint density at radius 2 is 2.00 bits per heavy atom. The number of H-pyrrole nitrogens is 1. The second-order valence-corrected chi connectivity index (χ2v) is 7.15. The van der Waals surface area contributed by atoms with Crippen LogP contribution in [-0.4, -0.2) is 41.6 Å². The SMILES string of the molecule is Cc1cc(CNC(=O)CN2CCOC2=O)c2[nH]c(-c3ccccc3)c(C)c2c1. The highest BCUT2D eigenvalue weighted by Crippen LogP contribution is 2.32. The molecule has 1 aromatic heterocycles. The van der Waals surface area contributed by atoms with Gasteiger partial charge < -0.3 is 15.0 Å². The molecule has 2 aromatic carbocycles. The first-order valence-electron chi connectivity index (χ1n) is 9.38. The van der Waals surface area contributed by atoms with E-state index < -0.39 is 6.09 Å². The van der Waals surface area contributed by atoms with Gasteiger partial charge in [0, 0.05) is 17.6 Å². The molecular formula is C22H23N3O3. The molecule has 0 atom stereocenters. The van der Waals surface area contributed by atoms with Crippen LogP contribution < -0.4 is 5.32 Å². The number of ether oxygens (including phenoxy) is 1. The molecule has 0 saturated carbocycles. The third-order valence-electron chi connectivity index (χ3n) is 5.11. The average molecular weight is 377 g/mol. The molecule has 6 heteroatoms. The number of aromatic amines is 1. The van der Waals surface area contributed by atoms with E-state index in [0.29, 0.717) is 19.7 Å². The number of benzene rings is 2. The van der Waals surface area contributed by atoms with E-state index in [1.54, 1.807) is 0 Å². The molecule has 4 rings (SSSR count). The van der Waals surface area contributed by atoms with Gasteiger partial charge in [0.05, 0.1) is 12.1 Å². The summed E-state index contributed by atoms with van der Waals surface area (Å²) in [4.78, 5) is 28.7. The van der Waals surface area contributed by atoms with E-state index in [2.05, 4.69) is 48.4 Å². The van der Waals surface area contributed by atoms with E-state index in [9.17, 15) is 9.59 Å². The zero-order valence-corrected chi connectivity index (χ0v) is 16.0. The summed E-state index contributed by atoms with van der Waals surface area (Å²) in [5.74, 6) is -0.194. The van der Waals surface area contributed by atoms with E-state index in [1.807, 2.05) is 18.2 Å². The molecule has 1 aliphatic rings. The van der Waals surface area contributed by atoms with Crippen LogP contribution >= 0.6 is 0 Å². The summed E-state index contributed by atoms with van der Waals surface area (Å²) in [6, 6.07) is 14.5. The van der Waals surface area contributed by atoms with Crippen molar-refractivity contribution in [3.8, 4) is 11.3 Å². The molecule has 144 valence electrons. The Balaban J connectivity index is 1.58. The maximum Gasteiger partial charge on any atom is 0.410 e. The van der Waals surface area contributed by atoms with Gasteiger partial charge in [0.25, 0.3) is 0 Å². The molecule has 2 amide bonds. The van der Waals surface area contributed by atoms with Gasteiger partial charge in [-0.05, 0) is 36.6 Å². The first kappa shape index (κ1) is 18.1. The number of aryl methyl sites for hydroxylation is 2. The van der Waals surface area contributed by atoms with Crippen LogP contribution in [0.25, 0.3) is 22.2 Å². The fourth-order valence-electron chi connectivity index (χ4n) is 3.68. The number of amides is 2. The van der Waals surface area contributed by atoms with Crippen LogP contribution in [0.1, 0.15) is 16.7 Å². The number of nitrogens with one attached hydrogen (secondary N) is 2. The van der Waals surface area contributed by atoms with E-state index in [1.165, 1.54) is 10.5 Å². The van der Waals surface area contributed by atoms with Crippen LogP contribution in [0.5, 0.6) is 0 Å². The van der Waals surface area contributed by atoms with E-state index in [0.717, 1.165) is 33.3 Å². The summed E-state index contributed by atoms with van der Waals surface area (Å²) in [6.07, 6.45) is -0.430. The van der Waals surface area contributed by atoms with Crippen molar-refractivity contribution in [3.63, 3.8) is 0 Å². The molecule has 0 aliphatic carbocycles. The number of fused-ring (bicyclic) bond motifs is 1. The summed E-state index contributed by atoms with van der Waals surface area (Å²) < 4.78 is 4.86. The highest BCUT2D eigenvalue weighted by atomic mass is 16.6. The highest BCUT2D eigenvalue weighted by Gasteiger charge is 2.24. The number of carbonyl (C=O) groups excluding carboxylic acids is 2. The van der Waals surface area contributed by atoms with Crippen LogP contribution in [0.2, 0.25) is 0 Å². The number of hydrogen-bond donors (Lipinski definition) is 2. The van der Waals surface area contributed by atoms with Gasteiger partial charge in [-0.25, -0.2) is 4.79 Å². The molecule has 1 saturated heterocycles. The lowest BCUT2D eigenvalue weighted by atomic mass is 10.0. The monoisotopic (exact) mass is 377 g/mol. The number of nitrogens with zero attached hydrogens (tertiary/aromatic N) is 1. The number of carbonyl (C=O) groups is 2. The third-order valence-corrected chi connectivity index (χ3v) is 5.11.